The maximum Gasteiger partial charge on any atom is 0.295 e. The predicted octanol–water partition coefficient (Wildman–Crippen LogP) is 7.68. The Bertz CT molecular complexity index is 2280. The first-order valence-corrected chi connectivity index (χ1v) is 17.5. The number of rotatable bonds is 11. The fourth-order valence-corrected chi connectivity index (χ4v) is 6.39. The summed E-state index contributed by atoms with van der Waals surface area (Å²) >= 11 is 1.32. The van der Waals surface area contributed by atoms with Crippen LogP contribution in [-0.4, -0.2) is 32.3 Å². The number of benzene rings is 5. The van der Waals surface area contributed by atoms with Crippen LogP contribution in [0.4, 0.5) is 11.4 Å². The summed E-state index contributed by atoms with van der Waals surface area (Å²) in [6.07, 6.45) is 1.64. The zero-order chi connectivity index (χ0) is 36.6. The molecule has 0 aliphatic carbocycles. The van der Waals surface area contributed by atoms with Crippen LogP contribution < -0.4 is 21.5 Å². The molecule has 0 aliphatic rings. The Labute approximate surface area is 306 Å². The van der Waals surface area contributed by atoms with Gasteiger partial charge in [-0.25, -0.2) is 4.68 Å². The molecule has 260 valence electrons. The van der Waals surface area contributed by atoms with Crippen LogP contribution in [0.3, 0.4) is 0 Å². The molecule has 1 heterocycles. The molecule has 0 spiro atoms. The zero-order valence-corrected chi connectivity index (χ0v) is 29.7. The molecule has 0 saturated heterocycles. The molecule has 52 heavy (non-hydrogen) atoms. The highest BCUT2D eigenvalue weighted by Gasteiger charge is 2.22. The van der Waals surface area contributed by atoms with Gasteiger partial charge in [0.05, 0.1) is 16.6 Å². The molecule has 1 unspecified atom stereocenters. The van der Waals surface area contributed by atoms with E-state index in [0.29, 0.717) is 22.6 Å². The molecule has 0 aliphatic heterocycles. The summed E-state index contributed by atoms with van der Waals surface area (Å²) in [5.41, 5.74) is 5.11. The Morgan fingerprint density at radius 3 is 1.92 bits per heavy atom. The molecule has 5 aromatic carbocycles. The standard InChI is InChI=1S/C42H37N5O4S/c1-28-38(42(51)47(46(28)3)35-17-11-6-12-18-35)45-39(48)29(2)52-36-25-23-34(24-26-36)43-41(50)37(44-40(49)33-15-9-5-10-16-33)27-30-19-21-32(22-20-30)31-13-7-4-8-14-31/h4-27,29H,1-3H3,(H,43,50)(H,44,49)(H,45,48)/b37-27-. The SMILES string of the molecule is Cc1c(NC(=O)C(C)Sc2ccc(NC(=O)/C(=C/c3ccc(-c4ccccc4)cc3)NC(=O)c3ccccc3)cc2)c(=O)n(-c2ccccc2)n1C. The maximum absolute atomic E-state index is 13.6. The lowest BCUT2D eigenvalue weighted by Crippen LogP contribution is -2.30. The van der Waals surface area contributed by atoms with E-state index in [-0.39, 0.29) is 22.9 Å². The third kappa shape index (κ3) is 8.31. The fourth-order valence-electron chi connectivity index (χ4n) is 5.52. The summed E-state index contributed by atoms with van der Waals surface area (Å²) in [4.78, 5) is 53.9. The molecular weight excluding hydrogens is 671 g/mol. The van der Waals surface area contributed by atoms with Crippen LogP contribution in [0.25, 0.3) is 22.9 Å². The van der Waals surface area contributed by atoms with E-state index in [0.717, 1.165) is 21.6 Å². The van der Waals surface area contributed by atoms with Gasteiger partial charge < -0.3 is 16.0 Å². The maximum atomic E-state index is 13.6. The van der Waals surface area contributed by atoms with Gasteiger partial charge in [-0.15, -0.1) is 11.8 Å². The Morgan fingerprint density at radius 1 is 0.712 bits per heavy atom. The van der Waals surface area contributed by atoms with Gasteiger partial charge in [-0.2, -0.15) is 0 Å². The van der Waals surface area contributed by atoms with Crippen LogP contribution in [0.5, 0.6) is 0 Å². The van der Waals surface area contributed by atoms with Gasteiger partial charge in [0.1, 0.15) is 11.4 Å². The molecule has 0 saturated carbocycles. The van der Waals surface area contributed by atoms with E-state index < -0.39 is 17.1 Å². The second-order valence-corrected chi connectivity index (χ2v) is 13.4. The first kappa shape index (κ1) is 35.4. The number of nitrogens with zero attached hydrogens (tertiary/aromatic N) is 2. The van der Waals surface area contributed by atoms with E-state index in [1.165, 1.54) is 16.4 Å². The van der Waals surface area contributed by atoms with E-state index in [4.69, 9.17) is 0 Å². The van der Waals surface area contributed by atoms with Crippen molar-refractivity contribution in [3.8, 4) is 16.8 Å². The minimum atomic E-state index is -0.527. The summed E-state index contributed by atoms with van der Waals surface area (Å²) in [7, 11) is 1.77. The average molecular weight is 708 g/mol. The molecular formula is C42H37N5O4S. The highest BCUT2D eigenvalue weighted by molar-refractivity contribution is 8.00. The quantitative estimate of drug-likeness (QED) is 0.0945. The van der Waals surface area contributed by atoms with E-state index in [2.05, 4.69) is 16.0 Å². The minimum absolute atomic E-state index is 0.0765. The summed E-state index contributed by atoms with van der Waals surface area (Å²) < 4.78 is 3.23. The molecule has 0 bridgehead atoms. The van der Waals surface area contributed by atoms with Gasteiger partial charge >= 0.3 is 0 Å². The molecule has 0 fully saturated rings. The number of para-hydroxylation sites is 1. The Kier molecular flexibility index (Phi) is 11.0. The number of aromatic nitrogens is 2. The molecule has 6 aromatic rings. The van der Waals surface area contributed by atoms with Gasteiger partial charge in [0.25, 0.3) is 17.4 Å². The van der Waals surface area contributed by atoms with Crippen molar-refractivity contribution in [2.75, 3.05) is 10.6 Å². The largest absolute Gasteiger partial charge is 0.321 e. The summed E-state index contributed by atoms with van der Waals surface area (Å²) in [5.74, 6) is -1.22. The number of carbonyl (C=O) groups excluding carboxylic acids is 3. The normalized spacial score (nSPS) is 11.8. The van der Waals surface area contributed by atoms with Gasteiger partial charge in [-0.05, 0) is 85.1 Å². The van der Waals surface area contributed by atoms with Crippen LogP contribution in [0.2, 0.25) is 0 Å². The minimum Gasteiger partial charge on any atom is -0.321 e. The Balaban J connectivity index is 1.13. The molecule has 3 amide bonds. The molecule has 6 rings (SSSR count). The molecule has 0 radical (unpaired) electrons. The van der Waals surface area contributed by atoms with Crippen LogP contribution >= 0.6 is 11.8 Å². The second-order valence-electron chi connectivity index (χ2n) is 12.0. The van der Waals surface area contributed by atoms with E-state index in [1.807, 2.05) is 91.0 Å². The average Bonchev–Trinajstić information content (AvgIpc) is 3.38. The van der Waals surface area contributed by atoms with Crippen molar-refractivity contribution < 1.29 is 14.4 Å². The molecule has 3 N–H and O–H groups in total. The van der Waals surface area contributed by atoms with Gasteiger partial charge in [-0.3, -0.25) is 23.9 Å². The van der Waals surface area contributed by atoms with Crippen molar-refractivity contribution in [2.45, 2.75) is 24.0 Å². The lowest BCUT2D eigenvalue weighted by molar-refractivity contribution is -0.115. The second kappa shape index (κ2) is 16.1. The van der Waals surface area contributed by atoms with Crippen LogP contribution in [0.1, 0.15) is 28.5 Å². The summed E-state index contributed by atoms with van der Waals surface area (Å²) in [6, 6.07) is 42.7. The number of anilines is 2. The predicted molar refractivity (Wildman–Crippen MR) is 209 cm³/mol. The molecule has 10 heteroatoms. The number of nitrogens with one attached hydrogen (secondary N) is 3. The first-order chi connectivity index (χ1) is 25.2. The van der Waals surface area contributed by atoms with Crippen molar-refractivity contribution >= 4 is 46.9 Å². The van der Waals surface area contributed by atoms with Crippen molar-refractivity contribution in [3.63, 3.8) is 0 Å². The molecule has 1 aromatic heterocycles. The van der Waals surface area contributed by atoms with Crippen LogP contribution in [-0.2, 0) is 16.6 Å². The van der Waals surface area contributed by atoms with E-state index >= 15 is 0 Å². The van der Waals surface area contributed by atoms with Gasteiger partial charge in [-0.1, -0.05) is 91.0 Å². The summed E-state index contributed by atoms with van der Waals surface area (Å²) in [5, 5.41) is 7.95. The van der Waals surface area contributed by atoms with Crippen LogP contribution in [0, 0.1) is 6.92 Å². The monoisotopic (exact) mass is 707 g/mol. The zero-order valence-electron chi connectivity index (χ0n) is 28.9. The van der Waals surface area contributed by atoms with Gasteiger partial charge in [0.15, 0.2) is 0 Å². The van der Waals surface area contributed by atoms with Gasteiger partial charge in [0, 0.05) is 23.2 Å². The van der Waals surface area contributed by atoms with Gasteiger partial charge in [0.2, 0.25) is 5.91 Å². The molecule has 9 nitrogen and oxygen atoms in total. The van der Waals surface area contributed by atoms with Crippen molar-refractivity contribution in [1.82, 2.24) is 14.7 Å². The topological polar surface area (TPSA) is 114 Å². The third-order valence-electron chi connectivity index (χ3n) is 8.45. The lowest BCUT2D eigenvalue weighted by Gasteiger charge is -2.13. The third-order valence-corrected chi connectivity index (χ3v) is 9.57. The number of amides is 3. The Hall–Kier alpha value is -6.39. The van der Waals surface area contributed by atoms with Crippen molar-refractivity contribution in [1.29, 1.82) is 0 Å². The van der Waals surface area contributed by atoms with Crippen LogP contribution in [0.15, 0.2) is 155 Å². The lowest BCUT2D eigenvalue weighted by atomic mass is 10.0. The molecule has 1 atom stereocenters. The summed E-state index contributed by atoms with van der Waals surface area (Å²) in [6.45, 7) is 3.55. The number of hydrogen-bond donors (Lipinski definition) is 3. The Morgan fingerprint density at radius 2 is 1.29 bits per heavy atom. The van der Waals surface area contributed by atoms with E-state index in [9.17, 15) is 19.2 Å². The first-order valence-electron chi connectivity index (χ1n) is 16.6. The highest BCUT2D eigenvalue weighted by Crippen LogP contribution is 2.27. The smallest absolute Gasteiger partial charge is 0.295 e. The van der Waals surface area contributed by atoms with Crippen molar-refractivity contribution in [3.05, 3.63) is 172 Å². The number of hydrogen-bond acceptors (Lipinski definition) is 5. The highest BCUT2D eigenvalue weighted by atomic mass is 32.2. The van der Waals surface area contributed by atoms with E-state index in [1.54, 1.807) is 80.2 Å². The number of thioether (sulfide) groups is 1. The number of carbonyl (C=O) groups is 3. The fraction of sp³-hybridized carbons (Fsp3) is 0.0952. The van der Waals surface area contributed by atoms with Crippen molar-refractivity contribution in [2.24, 2.45) is 7.05 Å².